The molecule has 2 N–H and O–H groups in total. The van der Waals surface area contributed by atoms with E-state index in [-0.39, 0.29) is 30.7 Å². The fourth-order valence-corrected chi connectivity index (χ4v) is 2.47. The molecule has 0 aromatic heterocycles. The van der Waals surface area contributed by atoms with Gasteiger partial charge in [-0.2, -0.15) is 5.10 Å². The van der Waals surface area contributed by atoms with Crippen molar-refractivity contribution in [1.29, 1.82) is 0 Å². The van der Waals surface area contributed by atoms with Gasteiger partial charge in [0.05, 0.1) is 12.8 Å². The van der Waals surface area contributed by atoms with Crippen LogP contribution in [-0.4, -0.2) is 23.6 Å². The molecule has 2 aromatic carbocycles. The maximum Gasteiger partial charge on any atom is 0.244 e. The summed E-state index contributed by atoms with van der Waals surface area (Å²) in [5.74, 6) is -0.312. The molecule has 2 rings (SSSR count). The summed E-state index contributed by atoms with van der Waals surface area (Å²) >= 11 is 0. The molecule has 0 aliphatic carbocycles. The van der Waals surface area contributed by atoms with E-state index in [0.29, 0.717) is 5.71 Å². The van der Waals surface area contributed by atoms with Crippen LogP contribution < -0.4 is 10.7 Å². The first-order valence-electron chi connectivity index (χ1n) is 8.70. The van der Waals surface area contributed by atoms with E-state index in [4.69, 9.17) is 0 Å². The highest BCUT2D eigenvalue weighted by atomic mass is 16.2. The molecule has 2 aromatic rings. The van der Waals surface area contributed by atoms with Gasteiger partial charge in [0.15, 0.2) is 0 Å². The smallest absolute Gasteiger partial charge is 0.244 e. The molecule has 2 amide bonds. The van der Waals surface area contributed by atoms with E-state index >= 15 is 0 Å². The van der Waals surface area contributed by atoms with Gasteiger partial charge in [0.25, 0.3) is 0 Å². The van der Waals surface area contributed by atoms with E-state index in [0.717, 1.165) is 16.7 Å². The molecule has 0 fully saturated rings. The number of hydrazone groups is 1. The van der Waals surface area contributed by atoms with Crippen LogP contribution in [0.4, 0.5) is 0 Å². The van der Waals surface area contributed by atoms with Gasteiger partial charge in [-0.15, -0.1) is 0 Å². The number of amides is 2. The van der Waals surface area contributed by atoms with Crippen molar-refractivity contribution in [2.45, 2.75) is 39.7 Å². The van der Waals surface area contributed by atoms with E-state index < -0.39 is 0 Å². The molecule has 0 saturated heterocycles. The summed E-state index contributed by atoms with van der Waals surface area (Å²) in [4.78, 5) is 23.7. The second-order valence-corrected chi connectivity index (χ2v) is 6.52. The van der Waals surface area contributed by atoms with Crippen LogP contribution in [0.2, 0.25) is 0 Å². The number of benzene rings is 2. The molecule has 0 atom stereocenters. The normalized spacial score (nSPS) is 11.3. The Balaban J connectivity index is 1.86. The van der Waals surface area contributed by atoms with Gasteiger partial charge in [0.1, 0.15) is 0 Å². The molecule has 0 aliphatic heterocycles. The SMILES string of the molecule is C/C(CC(=O)NC(C)C)=N\NC(=O)Cc1ccc(-c2ccccc2)cc1. The van der Waals surface area contributed by atoms with Crippen molar-refractivity contribution >= 4 is 17.5 Å². The van der Waals surface area contributed by atoms with Crippen molar-refractivity contribution in [2.75, 3.05) is 0 Å². The van der Waals surface area contributed by atoms with Crippen LogP contribution >= 0.6 is 0 Å². The lowest BCUT2D eigenvalue weighted by Gasteiger charge is -2.08. The van der Waals surface area contributed by atoms with Crippen LogP contribution in [0.3, 0.4) is 0 Å². The second-order valence-electron chi connectivity index (χ2n) is 6.52. The van der Waals surface area contributed by atoms with Crippen molar-refractivity contribution in [3.05, 3.63) is 60.2 Å². The van der Waals surface area contributed by atoms with E-state index in [1.807, 2.05) is 56.3 Å². The number of carbonyl (C=O) groups is 2. The average Bonchev–Trinajstić information content (AvgIpc) is 2.60. The Morgan fingerprint density at radius 1 is 0.923 bits per heavy atom. The molecule has 0 aliphatic rings. The van der Waals surface area contributed by atoms with Gasteiger partial charge in [0, 0.05) is 11.8 Å². The summed E-state index contributed by atoms with van der Waals surface area (Å²) in [6.07, 6.45) is 0.411. The van der Waals surface area contributed by atoms with E-state index in [1.54, 1.807) is 6.92 Å². The van der Waals surface area contributed by atoms with Crippen LogP contribution in [0.15, 0.2) is 59.7 Å². The number of carbonyl (C=O) groups excluding carboxylic acids is 2. The Morgan fingerprint density at radius 2 is 1.54 bits per heavy atom. The Labute approximate surface area is 154 Å². The van der Waals surface area contributed by atoms with Crippen molar-refractivity contribution in [2.24, 2.45) is 5.10 Å². The fraction of sp³-hybridized carbons (Fsp3) is 0.286. The maximum absolute atomic E-state index is 12.0. The zero-order valence-electron chi connectivity index (χ0n) is 15.5. The number of rotatable bonds is 7. The zero-order valence-corrected chi connectivity index (χ0v) is 15.5. The summed E-state index contributed by atoms with van der Waals surface area (Å²) in [7, 11) is 0. The third-order valence-corrected chi connectivity index (χ3v) is 3.66. The van der Waals surface area contributed by atoms with Crippen molar-refractivity contribution in [1.82, 2.24) is 10.7 Å². The number of nitrogens with zero attached hydrogens (tertiary/aromatic N) is 1. The van der Waals surface area contributed by atoms with Gasteiger partial charge < -0.3 is 5.32 Å². The van der Waals surface area contributed by atoms with Gasteiger partial charge in [-0.05, 0) is 37.5 Å². The predicted molar refractivity (Wildman–Crippen MR) is 105 cm³/mol. The molecule has 0 radical (unpaired) electrons. The molecule has 0 spiro atoms. The maximum atomic E-state index is 12.0. The van der Waals surface area contributed by atoms with Crippen LogP contribution in [0.1, 0.15) is 32.8 Å². The van der Waals surface area contributed by atoms with Gasteiger partial charge in [0.2, 0.25) is 11.8 Å². The highest BCUT2D eigenvalue weighted by Gasteiger charge is 2.07. The summed E-state index contributed by atoms with van der Waals surface area (Å²) in [5.41, 5.74) is 6.23. The minimum Gasteiger partial charge on any atom is -0.354 e. The zero-order chi connectivity index (χ0) is 18.9. The Hall–Kier alpha value is -2.95. The number of hydrogen-bond acceptors (Lipinski definition) is 3. The lowest BCUT2D eigenvalue weighted by atomic mass is 10.0. The molecule has 136 valence electrons. The second kappa shape index (κ2) is 9.51. The fourth-order valence-electron chi connectivity index (χ4n) is 2.47. The molecule has 0 heterocycles. The lowest BCUT2D eigenvalue weighted by Crippen LogP contribution is -2.31. The first kappa shape index (κ1) is 19.4. The molecule has 0 unspecified atom stereocenters. The van der Waals surface area contributed by atoms with Gasteiger partial charge in [-0.1, -0.05) is 54.6 Å². The molecule has 26 heavy (non-hydrogen) atoms. The molecule has 5 nitrogen and oxygen atoms in total. The highest BCUT2D eigenvalue weighted by molar-refractivity contribution is 6.00. The minimum atomic E-state index is -0.207. The minimum absolute atomic E-state index is 0.0868. The monoisotopic (exact) mass is 351 g/mol. The van der Waals surface area contributed by atoms with Crippen LogP contribution in [-0.2, 0) is 16.0 Å². The Bertz CT molecular complexity index is 766. The number of nitrogens with one attached hydrogen (secondary N) is 2. The lowest BCUT2D eigenvalue weighted by molar-refractivity contribution is -0.121. The molecule has 0 bridgehead atoms. The standard InChI is InChI=1S/C21H25N3O2/c1-15(2)22-20(25)13-16(3)23-24-21(26)14-17-9-11-19(12-10-17)18-7-5-4-6-8-18/h4-12,15H,13-14H2,1-3H3,(H,22,25)(H,24,26)/b23-16+. The van der Waals surface area contributed by atoms with E-state index in [2.05, 4.69) is 28.0 Å². The topological polar surface area (TPSA) is 70.6 Å². The third kappa shape index (κ3) is 6.51. The first-order valence-corrected chi connectivity index (χ1v) is 8.70. The molecule has 5 heteroatoms. The number of hydrogen-bond donors (Lipinski definition) is 2. The van der Waals surface area contributed by atoms with Crippen molar-refractivity contribution < 1.29 is 9.59 Å². The molecular formula is C21H25N3O2. The Kier molecular flexibility index (Phi) is 7.09. The van der Waals surface area contributed by atoms with Crippen LogP contribution in [0, 0.1) is 0 Å². The van der Waals surface area contributed by atoms with E-state index in [9.17, 15) is 9.59 Å². The largest absolute Gasteiger partial charge is 0.354 e. The Morgan fingerprint density at radius 3 is 2.15 bits per heavy atom. The summed E-state index contributed by atoms with van der Waals surface area (Å²) in [5, 5.41) is 6.78. The van der Waals surface area contributed by atoms with Gasteiger partial charge in [-0.25, -0.2) is 5.43 Å². The summed E-state index contributed by atoms with van der Waals surface area (Å²) < 4.78 is 0. The third-order valence-electron chi connectivity index (χ3n) is 3.66. The quantitative estimate of drug-likeness (QED) is 0.593. The van der Waals surface area contributed by atoms with E-state index in [1.165, 1.54) is 0 Å². The highest BCUT2D eigenvalue weighted by Crippen LogP contribution is 2.19. The van der Waals surface area contributed by atoms with Crippen molar-refractivity contribution in [3.8, 4) is 11.1 Å². The first-order chi connectivity index (χ1) is 12.4. The summed E-state index contributed by atoms with van der Waals surface area (Å²) in [6.45, 7) is 5.51. The molecular weight excluding hydrogens is 326 g/mol. The van der Waals surface area contributed by atoms with Gasteiger partial charge in [-0.3, -0.25) is 9.59 Å². The molecule has 0 saturated carbocycles. The summed E-state index contributed by atoms with van der Waals surface area (Å²) in [6, 6.07) is 18.1. The van der Waals surface area contributed by atoms with Gasteiger partial charge >= 0.3 is 0 Å². The predicted octanol–water partition coefficient (Wildman–Crippen LogP) is 3.30. The van der Waals surface area contributed by atoms with Crippen LogP contribution in [0.25, 0.3) is 11.1 Å². The van der Waals surface area contributed by atoms with Crippen LogP contribution in [0.5, 0.6) is 0 Å². The average molecular weight is 351 g/mol. The van der Waals surface area contributed by atoms with Crippen molar-refractivity contribution in [3.63, 3.8) is 0 Å².